The van der Waals surface area contributed by atoms with Crippen LogP contribution in [0.5, 0.6) is 0 Å². The summed E-state index contributed by atoms with van der Waals surface area (Å²) in [6.07, 6.45) is 6.31. The number of aromatic nitrogens is 2. The molecule has 1 N–H and O–H groups in total. The summed E-state index contributed by atoms with van der Waals surface area (Å²) in [5.74, 6) is 0.801. The molecule has 1 aromatic heterocycles. The number of aliphatic hydroxyl groups excluding tert-OH is 1. The highest BCUT2D eigenvalue weighted by atomic mass is 79.9. The number of hydrogen-bond acceptors (Lipinski definition) is 2. The van der Waals surface area contributed by atoms with Crippen LogP contribution in [-0.4, -0.2) is 14.7 Å². The second-order valence-corrected chi connectivity index (χ2v) is 5.90. The molecule has 0 aliphatic heterocycles. The molecular weight excluding hydrogens is 292 g/mol. The SMILES string of the molecule is OCc1nc2cc(Br)ccc2n1C1CCCCC1. The van der Waals surface area contributed by atoms with Gasteiger partial charge in [-0.05, 0) is 31.0 Å². The first-order chi connectivity index (χ1) is 8.79. The zero-order chi connectivity index (χ0) is 12.5. The molecule has 96 valence electrons. The summed E-state index contributed by atoms with van der Waals surface area (Å²) >= 11 is 3.47. The van der Waals surface area contributed by atoms with E-state index in [9.17, 15) is 5.11 Å². The van der Waals surface area contributed by atoms with Gasteiger partial charge in [-0.25, -0.2) is 4.98 Å². The quantitative estimate of drug-likeness (QED) is 0.916. The van der Waals surface area contributed by atoms with Crippen LogP contribution < -0.4 is 0 Å². The molecule has 1 aromatic carbocycles. The Hall–Kier alpha value is -0.870. The zero-order valence-corrected chi connectivity index (χ0v) is 11.9. The Morgan fingerprint density at radius 2 is 2.06 bits per heavy atom. The summed E-state index contributed by atoms with van der Waals surface area (Å²) in [4.78, 5) is 4.55. The Labute approximate surface area is 115 Å². The van der Waals surface area contributed by atoms with Gasteiger partial charge >= 0.3 is 0 Å². The van der Waals surface area contributed by atoms with Crippen LogP contribution in [0.4, 0.5) is 0 Å². The minimum atomic E-state index is 0.0167. The van der Waals surface area contributed by atoms with Crippen LogP contribution in [0.25, 0.3) is 11.0 Å². The molecule has 1 aliphatic carbocycles. The first-order valence-corrected chi connectivity index (χ1v) is 7.36. The molecule has 0 spiro atoms. The topological polar surface area (TPSA) is 38.1 Å². The van der Waals surface area contributed by atoms with Crippen LogP contribution in [0.3, 0.4) is 0 Å². The molecule has 1 saturated carbocycles. The van der Waals surface area contributed by atoms with Crippen molar-refractivity contribution >= 4 is 27.0 Å². The number of benzene rings is 1. The second-order valence-electron chi connectivity index (χ2n) is 4.98. The third-order valence-electron chi connectivity index (χ3n) is 3.81. The molecule has 4 heteroatoms. The minimum Gasteiger partial charge on any atom is -0.388 e. The number of aliphatic hydroxyl groups is 1. The molecule has 0 atom stereocenters. The minimum absolute atomic E-state index is 0.0167. The molecule has 0 unspecified atom stereocenters. The summed E-state index contributed by atoms with van der Waals surface area (Å²) in [5.41, 5.74) is 2.12. The monoisotopic (exact) mass is 308 g/mol. The van der Waals surface area contributed by atoms with E-state index in [2.05, 4.69) is 31.5 Å². The van der Waals surface area contributed by atoms with Crippen molar-refractivity contribution in [2.75, 3.05) is 0 Å². The number of imidazole rings is 1. The molecule has 0 saturated heterocycles. The Kier molecular flexibility index (Phi) is 3.39. The van der Waals surface area contributed by atoms with Crippen molar-refractivity contribution in [2.45, 2.75) is 44.8 Å². The molecule has 2 aromatic rings. The van der Waals surface area contributed by atoms with Gasteiger partial charge in [-0.1, -0.05) is 35.2 Å². The lowest BCUT2D eigenvalue weighted by molar-refractivity contribution is 0.253. The van der Waals surface area contributed by atoms with Gasteiger partial charge in [0.05, 0.1) is 11.0 Å². The molecule has 0 radical (unpaired) electrons. The van der Waals surface area contributed by atoms with E-state index >= 15 is 0 Å². The van der Waals surface area contributed by atoms with E-state index in [1.165, 1.54) is 32.1 Å². The highest BCUT2D eigenvalue weighted by Gasteiger charge is 2.20. The Morgan fingerprint density at radius 3 is 2.78 bits per heavy atom. The lowest BCUT2D eigenvalue weighted by Gasteiger charge is -2.25. The number of fused-ring (bicyclic) bond motifs is 1. The van der Waals surface area contributed by atoms with Crippen LogP contribution in [-0.2, 0) is 6.61 Å². The Morgan fingerprint density at radius 1 is 1.28 bits per heavy atom. The summed E-state index contributed by atoms with van der Waals surface area (Å²) in [6.45, 7) is 0.0167. The van der Waals surface area contributed by atoms with Crippen molar-refractivity contribution in [3.63, 3.8) is 0 Å². The summed E-state index contributed by atoms with van der Waals surface area (Å²) in [5, 5.41) is 9.52. The van der Waals surface area contributed by atoms with Crippen LogP contribution in [0.1, 0.15) is 44.0 Å². The highest BCUT2D eigenvalue weighted by molar-refractivity contribution is 9.10. The first kappa shape index (κ1) is 12.2. The van der Waals surface area contributed by atoms with Gasteiger partial charge in [-0.15, -0.1) is 0 Å². The van der Waals surface area contributed by atoms with E-state index in [-0.39, 0.29) is 6.61 Å². The van der Waals surface area contributed by atoms with Gasteiger partial charge in [0.1, 0.15) is 12.4 Å². The third-order valence-corrected chi connectivity index (χ3v) is 4.30. The van der Waals surface area contributed by atoms with Crippen LogP contribution in [0.2, 0.25) is 0 Å². The molecule has 3 rings (SSSR count). The average Bonchev–Trinajstić information content (AvgIpc) is 2.77. The molecular formula is C14H17BrN2O. The fourth-order valence-electron chi connectivity index (χ4n) is 2.98. The standard InChI is InChI=1S/C14H17BrN2O/c15-10-6-7-13-12(8-10)16-14(9-18)17(13)11-4-2-1-3-5-11/h6-8,11,18H,1-5,9H2. The van der Waals surface area contributed by atoms with Crippen molar-refractivity contribution < 1.29 is 5.11 Å². The smallest absolute Gasteiger partial charge is 0.135 e. The fraction of sp³-hybridized carbons (Fsp3) is 0.500. The molecule has 1 fully saturated rings. The van der Waals surface area contributed by atoms with Gasteiger partial charge < -0.3 is 9.67 Å². The predicted octanol–water partition coefficient (Wildman–Crippen LogP) is 3.80. The average molecular weight is 309 g/mol. The van der Waals surface area contributed by atoms with Crippen molar-refractivity contribution in [2.24, 2.45) is 0 Å². The van der Waals surface area contributed by atoms with Crippen molar-refractivity contribution in [3.8, 4) is 0 Å². The van der Waals surface area contributed by atoms with Crippen LogP contribution in [0, 0.1) is 0 Å². The summed E-state index contributed by atoms with van der Waals surface area (Å²) in [6, 6.07) is 6.67. The highest BCUT2D eigenvalue weighted by Crippen LogP contribution is 2.33. The zero-order valence-electron chi connectivity index (χ0n) is 10.3. The number of halogens is 1. The Balaban J connectivity index is 2.12. The third kappa shape index (κ3) is 2.08. The van der Waals surface area contributed by atoms with Crippen LogP contribution in [0.15, 0.2) is 22.7 Å². The molecule has 3 nitrogen and oxygen atoms in total. The normalized spacial score (nSPS) is 17.4. The van der Waals surface area contributed by atoms with E-state index in [0.717, 1.165) is 21.3 Å². The van der Waals surface area contributed by atoms with Gasteiger partial charge in [0, 0.05) is 10.5 Å². The fourth-order valence-corrected chi connectivity index (χ4v) is 3.33. The van der Waals surface area contributed by atoms with E-state index < -0.39 is 0 Å². The van der Waals surface area contributed by atoms with Crippen molar-refractivity contribution in [3.05, 3.63) is 28.5 Å². The second kappa shape index (κ2) is 5.02. The van der Waals surface area contributed by atoms with E-state index in [1.807, 2.05) is 12.1 Å². The largest absolute Gasteiger partial charge is 0.388 e. The summed E-state index contributed by atoms with van der Waals surface area (Å²) < 4.78 is 3.29. The first-order valence-electron chi connectivity index (χ1n) is 6.57. The molecule has 1 aliphatic rings. The maximum atomic E-state index is 9.52. The molecule has 0 bridgehead atoms. The summed E-state index contributed by atoms with van der Waals surface area (Å²) in [7, 11) is 0. The molecule has 0 amide bonds. The van der Waals surface area contributed by atoms with E-state index in [4.69, 9.17) is 0 Å². The van der Waals surface area contributed by atoms with Gasteiger partial charge in [0.15, 0.2) is 0 Å². The van der Waals surface area contributed by atoms with Gasteiger partial charge in [-0.2, -0.15) is 0 Å². The van der Waals surface area contributed by atoms with E-state index in [0.29, 0.717) is 6.04 Å². The maximum Gasteiger partial charge on any atom is 0.135 e. The molecule has 18 heavy (non-hydrogen) atoms. The van der Waals surface area contributed by atoms with Gasteiger partial charge in [0.25, 0.3) is 0 Å². The van der Waals surface area contributed by atoms with Crippen LogP contribution >= 0.6 is 15.9 Å². The molecule has 1 heterocycles. The lowest BCUT2D eigenvalue weighted by atomic mass is 9.95. The van der Waals surface area contributed by atoms with Crippen molar-refractivity contribution in [1.29, 1.82) is 0 Å². The number of rotatable bonds is 2. The predicted molar refractivity (Wildman–Crippen MR) is 75.5 cm³/mol. The van der Waals surface area contributed by atoms with Crippen molar-refractivity contribution in [1.82, 2.24) is 9.55 Å². The number of nitrogens with zero attached hydrogens (tertiary/aromatic N) is 2. The van der Waals surface area contributed by atoms with Gasteiger partial charge in [0.2, 0.25) is 0 Å². The lowest BCUT2D eigenvalue weighted by Crippen LogP contribution is -2.15. The van der Waals surface area contributed by atoms with E-state index in [1.54, 1.807) is 0 Å². The maximum absolute atomic E-state index is 9.52. The Bertz CT molecular complexity index is 558. The number of hydrogen-bond donors (Lipinski definition) is 1. The van der Waals surface area contributed by atoms with Gasteiger partial charge in [-0.3, -0.25) is 0 Å².